The summed E-state index contributed by atoms with van der Waals surface area (Å²) in [5.74, 6) is 0.982. The third-order valence-corrected chi connectivity index (χ3v) is 5.31. The number of guanidine groups is 1. The molecule has 1 aliphatic heterocycles. The molecule has 8 heteroatoms. The number of nitrogens with zero attached hydrogens (tertiary/aromatic N) is 2. The van der Waals surface area contributed by atoms with Gasteiger partial charge in [0.1, 0.15) is 5.60 Å². The second-order valence-corrected chi connectivity index (χ2v) is 9.24. The van der Waals surface area contributed by atoms with Crippen molar-refractivity contribution in [2.75, 3.05) is 25.0 Å². The van der Waals surface area contributed by atoms with Crippen molar-refractivity contribution in [1.82, 2.24) is 15.5 Å². The van der Waals surface area contributed by atoms with Crippen molar-refractivity contribution < 1.29 is 14.3 Å². The molecule has 2 fully saturated rings. The monoisotopic (exact) mass is 429 g/mol. The van der Waals surface area contributed by atoms with E-state index in [1.807, 2.05) is 52.0 Å². The van der Waals surface area contributed by atoms with Gasteiger partial charge in [0, 0.05) is 31.2 Å². The molecule has 1 aromatic carbocycles. The molecule has 31 heavy (non-hydrogen) atoms. The number of amides is 2. The molecule has 0 bridgehead atoms. The molecule has 1 heterocycles. The number of likely N-dealkylation sites (tertiary alicyclic amines) is 1. The number of ether oxygens (including phenoxy) is 1. The molecule has 1 aliphatic carbocycles. The van der Waals surface area contributed by atoms with Crippen LogP contribution in [0.25, 0.3) is 0 Å². The highest BCUT2D eigenvalue weighted by Gasteiger charge is 2.34. The first kappa shape index (κ1) is 22.9. The van der Waals surface area contributed by atoms with E-state index in [1.54, 1.807) is 4.90 Å². The van der Waals surface area contributed by atoms with Crippen LogP contribution in [-0.4, -0.2) is 54.1 Å². The molecule has 8 nitrogen and oxygen atoms in total. The minimum atomic E-state index is -0.488. The van der Waals surface area contributed by atoms with Crippen LogP contribution in [-0.2, 0) is 16.1 Å². The Labute approximate surface area is 184 Å². The van der Waals surface area contributed by atoms with Crippen molar-refractivity contribution in [3.63, 3.8) is 0 Å². The van der Waals surface area contributed by atoms with Gasteiger partial charge in [0.2, 0.25) is 5.91 Å². The molecule has 1 saturated carbocycles. The van der Waals surface area contributed by atoms with E-state index in [2.05, 4.69) is 20.9 Å². The Hall–Kier alpha value is -2.77. The molecule has 170 valence electrons. The maximum absolute atomic E-state index is 12.2. The van der Waals surface area contributed by atoms with E-state index in [0.717, 1.165) is 37.1 Å². The van der Waals surface area contributed by atoms with Gasteiger partial charge in [-0.15, -0.1) is 0 Å². The average molecular weight is 430 g/mol. The maximum atomic E-state index is 12.2. The van der Waals surface area contributed by atoms with Crippen LogP contribution >= 0.6 is 0 Å². The van der Waals surface area contributed by atoms with Gasteiger partial charge in [-0.1, -0.05) is 18.6 Å². The van der Waals surface area contributed by atoms with Gasteiger partial charge in [-0.2, -0.15) is 0 Å². The van der Waals surface area contributed by atoms with Crippen molar-refractivity contribution in [2.24, 2.45) is 10.9 Å². The lowest BCUT2D eigenvalue weighted by molar-refractivity contribution is -0.122. The first-order valence-electron chi connectivity index (χ1n) is 11.2. The summed E-state index contributed by atoms with van der Waals surface area (Å²) in [4.78, 5) is 30.6. The molecule has 2 aliphatic rings. The Kier molecular flexibility index (Phi) is 7.41. The van der Waals surface area contributed by atoms with Gasteiger partial charge in [-0.25, -0.2) is 9.79 Å². The van der Waals surface area contributed by atoms with Gasteiger partial charge in [-0.05, 0) is 58.2 Å². The first-order chi connectivity index (χ1) is 14.7. The Bertz CT molecular complexity index is 808. The van der Waals surface area contributed by atoms with Crippen LogP contribution in [0.15, 0.2) is 29.3 Å². The summed E-state index contributed by atoms with van der Waals surface area (Å²) < 4.78 is 5.40. The van der Waals surface area contributed by atoms with Gasteiger partial charge in [-0.3, -0.25) is 4.79 Å². The van der Waals surface area contributed by atoms with Crippen LogP contribution in [0.1, 0.15) is 52.5 Å². The first-order valence-corrected chi connectivity index (χ1v) is 11.2. The minimum Gasteiger partial charge on any atom is -0.444 e. The summed E-state index contributed by atoms with van der Waals surface area (Å²) in [5, 5.41) is 9.63. The molecular weight excluding hydrogens is 394 g/mol. The number of rotatable bonds is 6. The van der Waals surface area contributed by atoms with E-state index in [4.69, 9.17) is 4.74 Å². The highest BCUT2D eigenvalue weighted by Crippen LogP contribution is 2.27. The highest BCUT2D eigenvalue weighted by molar-refractivity contribution is 5.93. The lowest BCUT2D eigenvalue weighted by Crippen LogP contribution is -2.63. The van der Waals surface area contributed by atoms with Crippen LogP contribution < -0.4 is 16.0 Å². The Morgan fingerprint density at radius 3 is 2.58 bits per heavy atom. The molecule has 0 atom stereocenters. The third-order valence-electron chi connectivity index (χ3n) is 5.31. The average Bonchev–Trinajstić information content (AvgIpc) is 2.59. The van der Waals surface area contributed by atoms with Crippen molar-refractivity contribution in [1.29, 1.82) is 0 Å². The molecule has 3 rings (SSSR count). The number of hydrogen-bond donors (Lipinski definition) is 3. The molecule has 1 aromatic rings. The van der Waals surface area contributed by atoms with Crippen LogP contribution in [0.5, 0.6) is 0 Å². The fourth-order valence-electron chi connectivity index (χ4n) is 3.39. The number of hydrogen-bond acceptors (Lipinski definition) is 4. The fourth-order valence-corrected chi connectivity index (χ4v) is 3.39. The number of anilines is 1. The van der Waals surface area contributed by atoms with Crippen LogP contribution in [0.2, 0.25) is 0 Å². The fraction of sp³-hybridized carbons (Fsp3) is 0.609. The third kappa shape index (κ3) is 6.87. The van der Waals surface area contributed by atoms with E-state index < -0.39 is 5.60 Å². The molecule has 0 spiro atoms. The van der Waals surface area contributed by atoms with Crippen LogP contribution in [0.4, 0.5) is 10.5 Å². The summed E-state index contributed by atoms with van der Waals surface area (Å²) in [6.45, 7) is 10.0. The quantitative estimate of drug-likeness (QED) is 0.477. The predicted octanol–water partition coefficient (Wildman–Crippen LogP) is 3.10. The maximum Gasteiger partial charge on any atom is 0.410 e. The van der Waals surface area contributed by atoms with E-state index in [0.29, 0.717) is 25.6 Å². The molecular formula is C23H35N5O3. The van der Waals surface area contributed by atoms with E-state index >= 15 is 0 Å². The van der Waals surface area contributed by atoms with Crippen LogP contribution in [0.3, 0.4) is 0 Å². The lowest BCUT2D eigenvalue weighted by atomic mass is 9.85. The predicted molar refractivity (Wildman–Crippen MR) is 122 cm³/mol. The molecule has 0 unspecified atom stereocenters. The molecule has 0 radical (unpaired) electrons. The second-order valence-electron chi connectivity index (χ2n) is 9.24. The number of carbonyl (C=O) groups is 2. The Balaban J connectivity index is 1.50. The minimum absolute atomic E-state index is 0.112. The summed E-state index contributed by atoms with van der Waals surface area (Å²) in [6.07, 6.45) is 2.83. The zero-order chi connectivity index (χ0) is 22.4. The number of carbonyl (C=O) groups excluding carboxylic acids is 2. The van der Waals surface area contributed by atoms with Gasteiger partial charge in [0.15, 0.2) is 5.96 Å². The molecule has 0 aromatic heterocycles. The molecule has 3 N–H and O–H groups in total. The van der Waals surface area contributed by atoms with Crippen molar-refractivity contribution in [2.45, 2.75) is 65.1 Å². The summed E-state index contributed by atoms with van der Waals surface area (Å²) >= 11 is 0. The summed E-state index contributed by atoms with van der Waals surface area (Å²) in [7, 11) is 0. The smallest absolute Gasteiger partial charge is 0.410 e. The largest absolute Gasteiger partial charge is 0.444 e. The highest BCUT2D eigenvalue weighted by atomic mass is 16.6. The van der Waals surface area contributed by atoms with E-state index in [1.165, 1.54) is 0 Å². The SMILES string of the molecule is CCNC(=NCc1cccc(NC(=O)C2CCC2)c1)NC1CN(C(=O)OC(C)(C)C)C1. The number of benzene rings is 1. The summed E-state index contributed by atoms with van der Waals surface area (Å²) in [6, 6.07) is 7.95. The van der Waals surface area contributed by atoms with Crippen LogP contribution in [0, 0.1) is 5.92 Å². The normalized spacial score (nSPS) is 17.4. The number of aliphatic imine (C=N–C) groups is 1. The Morgan fingerprint density at radius 1 is 1.23 bits per heavy atom. The van der Waals surface area contributed by atoms with Gasteiger partial charge < -0.3 is 25.6 Å². The van der Waals surface area contributed by atoms with Gasteiger partial charge in [0.25, 0.3) is 0 Å². The topological polar surface area (TPSA) is 95.1 Å². The van der Waals surface area contributed by atoms with Crippen molar-refractivity contribution in [3.05, 3.63) is 29.8 Å². The van der Waals surface area contributed by atoms with Crippen molar-refractivity contribution >= 4 is 23.6 Å². The lowest BCUT2D eigenvalue weighted by Gasteiger charge is -2.40. The molecule has 1 saturated heterocycles. The molecule has 2 amide bonds. The van der Waals surface area contributed by atoms with Gasteiger partial charge >= 0.3 is 6.09 Å². The van der Waals surface area contributed by atoms with Crippen molar-refractivity contribution in [3.8, 4) is 0 Å². The second kappa shape index (κ2) is 10.0. The summed E-state index contributed by atoms with van der Waals surface area (Å²) in [5.41, 5.74) is 1.35. The zero-order valence-electron chi connectivity index (χ0n) is 19.0. The standard InChI is InChI=1S/C23H35N5O3/c1-5-24-21(27-19-14-28(15-19)22(30)31-23(2,3)4)25-13-16-8-6-11-18(12-16)26-20(29)17-9-7-10-17/h6,8,11-12,17,19H,5,7,9-10,13-15H2,1-4H3,(H,26,29)(H2,24,25,27). The Morgan fingerprint density at radius 2 is 1.97 bits per heavy atom. The van der Waals surface area contributed by atoms with E-state index in [9.17, 15) is 9.59 Å². The van der Waals surface area contributed by atoms with Gasteiger partial charge in [0.05, 0.1) is 12.6 Å². The zero-order valence-corrected chi connectivity index (χ0v) is 19.0. The number of nitrogens with one attached hydrogen (secondary N) is 3. The van der Waals surface area contributed by atoms with E-state index in [-0.39, 0.29) is 24.0 Å².